The molecule has 0 aromatic rings. The van der Waals surface area contributed by atoms with Crippen molar-refractivity contribution in [3.63, 3.8) is 0 Å². The molecule has 0 fully saturated rings. The zero-order valence-electron chi connectivity index (χ0n) is 13.6. The second kappa shape index (κ2) is 8.25. The number of nitrogens with two attached hydrogens (primary N) is 1. The summed E-state index contributed by atoms with van der Waals surface area (Å²) in [4.78, 5) is 23.3. The standard InChI is InChI=1S/C15H31N3O2/c1-6-15(16,7-2)11-18-12(19)9-8-10-17-13(20)14(3,4)5/h6-11,16H2,1-5H3,(H,17,20)(H,18,19). The van der Waals surface area contributed by atoms with Gasteiger partial charge in [-0.2, -0.15) is 0 Å². The van der Waals surface area contributed by atoms with E-state index in [-0.39, 0.29) is 22.8 Å². The highest BCUT2D eigenvalue weighted by Crippen LogP contribution is 2.12. The number of rotatable bonds is 8. The molecule has 0 saturated heterocycles. The van der Waals surface area contributed by atoms with Crippen molar-refractivity contribution >= 4 is 11.8 Å². The molecule has 5 heteroatoms. The molecule has 0 atom stereocenters. The highest BCUT2D eigenvalue weighted by molar-refractivity contribution is 5.81. The van der Waals surface area contributed by atoms with Crippen LogP contribution in [0.4, 0.5) is 0 Å². The third-order valence-corrected chi connectivity index (χ3v) is 3.59. The predicted octanol–water partition coefficient (Wildman–Crippen LogP) is 1.56. The van der Waals surface area contributed by atoms with Crippen LogP contribution in [-0.2, 0) is 9.59 Å². The maximum absolute atomic E-state index is 11.7. The molecule has 0 aromatic heterocycles. The Kier molecular flexibility index (Phi) is 7.79. The molecule has 118 valence electrons. The van der Waals surface area contributed by atoms with Crippen molar-refractivity contribution in [2.24, 2.45) is 11.1 Å². The van der Waals surface area contributed by atoms with Gasteiger partial charge in [0.05, 0.1) is 0 Å². The fraction of sp³-hybridized carbons (Fsp3) is 0.867. The van der Waals surface area contributed by atoms with Crippen molar-refractivity contribution in [1.82, 2.24) is 10.6 Å². The van der Waals surface area contributed by atoms with Crippen molar-refractivity contribution in [3.05, 3.63) is 0 Å². The average molecular weight is 285 g/mol. The topological polar surface area (TPSA) is 84.2 Å². The molecule has 0 aliphatic rings. The second-order valence-electron chi connectivity index (χ2n) is 6.46. The van der Waals surface area contributed by atoms with Gasteiger partial charge < -0.3 is 16.4 Å². The first-order valence-corrected chi connectivity index (χ1v) is 7.48. The van der Waals surface area contributed by atoms with E-state index in [1.807, 2.05) is 34.6 Å². The van der Waals surface area contributed by atoms with Gasteiger partial charge in [-0.25, -0.2) is 0 Å². The van der Waals surface area contributed by atoms with E-state index < -0.39 is 0 Å². The van der Waals surface area contributed by atoms with E-state index in [1.54, 1.807) is 0 Å². The van der Waals surface area contributed by atoms with Gasteiger partial charge in [-0.05, 0) is 19.3 Å². The van der Waals surface area contributed by atoms with Gasteiger partial charge in [-0.3, -0.25) is 9.59 Å². The lowest BCUT2D eigenvalue weighted by Crippen LogP contribution is -2.49. The number of amides is 2. The number of hydrogen-bond donors (Lipinski definition) is 3. The Morgan fingerprint density at radius 1 is 1.05 bits per heavy atom. The maximum atomic E-state index is 11.7. The largest absolute Gasteiger partial charge is 0.356 e. The molecule has 4 N–H and O–H groups in total. The molecule has 0 saturated carbocycles. The van der Waals surface area contributed by atoms with Crippen molar-refractivity contribution in [2.45, 2.75) is 65.8 Å². The van der Waals surface area contributed by atoms with Crippen molar-refractivity contribution in [1.29, 1.82) is 0 Å². The van der Waals surface area contributed by atoms with Gasteiger partial charge in [0.2, 0.25) is 11.8 Å². The first-order valence-electron chi connectivity index (χ1n) is 7.48. The molecule has 0 aliphatic carbocycles. The quantitative estimate of drug-likeness (QED) is 0.592. The summed E-state index contributed by atoms with van der Waals surface area (Å²) in [5, 5.41) is 5.70. The van der Waals surface area contributed by atoms with Crippen LogP contribution in [0.25, 0.3) is 0 Å². The van der Waals surface area contributed by atoms with E-state index in [9.17, 15) is 9.59 Å². The molecule has 2 amide bonds. The highest BCUT2D eigenvalue weighted by atomic mass is 16.2. The molecular weight excluding hydrogens is 254 g/mol. The summed E-state index contributed by atoms with van der Waals surface area (Å²) in [7, 11) is 0. The Labute approximate surface area is 123 Å². The highest BCUT2D eigenvalue weighted by Gasteiger charge is 2.21. The van der Waals surface area contributed by atoms with Crippen LogP contribution >= 0.6 is 0 Å². The fourth-order valence-corrected chi connectivity index (χ4v) is 1.58. The number of hydrogen-bond acceptors (Lipinski definition) is 3. The SMILES string of the molecule is CCC(N)(CC)CNC(=O)CCCNC(=O)C(C)(C)C. The molecule has 20 heavy (non-hydrogen) atoms. The van der Waals surface area contributed by atoms with Gasteiger partial charge in [-0.15, -0.1) is 0 Å². The third kappa shape index (κ3) is 7.48. The van der Waals surface area contributed by atoms with Crippen LogP contribution in [0.1, 0.15) is 60.3 Å². The lowest BCUT2D eigenvalue weighted by atomic mass is 9.94. The van der Waals surface area contributed by atoms with Gasteiger partial charge >= 0.3 is 0 Å². The monoisotopic (exact) mass is 285 g/mol. The Morgan fingerprint density at radius 3 is 2.05 bits per heavy atom. The molecule has 0 radical (unpaired) electrons. The molecule has 5 nitrogen and oxygen atoms in total. The summed E-state index contributed by atoms with van der Waals surface area (Å²) < 4.78 is 0. The molecule has 0 aliphatic heterocycles. The van der Waals surface area contributed by atoms with Crippen molar-refractivity contribution in [3.8, 4) is 0 Å². The zero-order chi connectivity index (χ0) is 15.8. The van der Waals surface area contributed by atoms with Crippen LogP contribution in [0.5, 0.6) is 0 Å². The van der Waals surface area contributed by atoms with E-state index >= 15 is 0 Å². The van der Waals surface area contributed by atoms with Crippen LogP contribution in [0.2, 0.25) is 0 Å². The Bertz CT molecular complexity index is 318. The van der Waals surface area contributed by atoms with Gasteiger partial charge in [0.25, 0.3) is 0 Å². The van der Waals surface area contributed by atoms with Crippen LogP contribution in [0.15, 0.2) is 0 Å². The van der Waals surface area contributed by atoms with Gasteiger partial charge in [0.1, 0.15) is 0 Å². The Morgan fingerprint density at radius 2 is 1.60 bits per heavy atom. The van der Waals surface area contributed by atoms with Crippen LogP contribution < -0.4 is 16.4 Å². The van der Waals surface area contributed by atoms with Crippen LogP contribution in [0, 0.1) is 5.41 Å². The Balaban J connectivity index is 3.83. The van der Waals surface area contributed by atoms with Crippen molar-refractivity contribution in [2.75, 3.05) is 13.1 Å². The summed E-state index contributed by atoms with van der Waals surface area (Å²) >= 11 is 0. The van der Waals surface area contributed by atoms with E-state index in [0.29, 0.717) is 25.9 Å². The minimum absolute atomic E-state index is 0.00765. The van der Waals surface area contributed by atoms with E-state index in [2.05, 4.69) is 10.6 Å². The zero-order valence-corrected chi connectivity index (χ0v) is 13.6. The molecule has 0 rings (SSSR count). The van der Waals surface area contributed by atoms with E-state index in [0.717, 1.165) is 12.8 Å². The molecule has 0 spiro atoms. The van der Waals surface area contributed by atoms with E-state index in [4.69, 9.17) is 5.73 Å². The normalized spacial score (nSPS) is 12.1. The first kappa shape index (κ1) is 18.9. The second-order valence-corrected chi connectivity index (χ2v) is 6.46. The summed E-state index contributed by atoms with van der Waals surface area (Å²) in [6.45, 7) is 10.7. The van der Waals surface area contributed by atoms with Crippen LogP contribution in [0.3, 0.4) is 0 Å². The third-order valence-electron chi connectivity index (χ3n) is 3.59. The summed E-state index contributed by atoms with van der Waals surface area (Å²) in [5.41, 5.74) is 5.42. The first-order chi connectivity index (χ1) is 9.14. The fourth-order valence-electron chi connectivity index (χ4n) is 1.58. The minimum Gasteiger partial charge on any atom is -0.356 e. The molecule has 0 bridgehead atoms. The summed E-state index contributed by atoms with van der Waals surface area (Å²) in [6.07, 6.45) is 2.73. The number of nitrogens with one attached hydrogen (secondary N) is 2. The van der Waals surface area contributed by atoms with Gasteiger partial charge in [-0.1, -0.05) is 34.6 Å². The number of carbonyl (C=O) groups is 2. The molecule has 0 aromatic carbocycles. The minimum atomic E-state index is -0.385. The Hall–Kier alpha value is -1.10. The maximum Gasteiger partial charge on any atom is 0.225 e. The van der Waals surface area contributed by atoms with Gasteiger partial charge in [0, 0.05) is 30.5 Å². The van der Waals surface area contributed by atoms with E-state index in [1.165, 1.54) is 0 Å². The molecular formula is C15H31N3O2. The molecule has 0 heterocycles. The van der Waals surface area contributed by atoms with Crippen LogP contribution in [-0.4, -0.2) is 30.4 Å². The predicted molar refractivity (Wildman–Crippen MR) is 82.2 cm³/mol. The number of carbonyl (C=O) groups excluding carboxylic acids is 2. The average Bonchev–Trinajstić information content (AvgIpc) is 2.39. The summed E-state index contributed by atoms with van der Waals surface area (Å²) in [6, 6.07) is 0. The lowest BCUT2D eigenvalue weighted by Gasteiger charge is -2.26. The van der Waals surface area contributed by atoms with Gasteiger partial charge in [0.15, 0.2) is 0 Å². The smallest absolute Gasteiger partial charge is 0.225 e. The van der Waals surface area contributed by atoms with Crippen molar-refractivity contribution < 1.29 is 9.59 Å². The molecule has 0 unspecified atom stereocenters. The summed E-state index contributed by atoms with van der Waals surface area (Å²) in [5.74, 6) is 0.00239. The lowest BCUT2D eigenvalue weighted by molar-refractivity contribution is -0.128.